The van der Waals surface area contributed by atoms with Crippen LogP contribution in [-0.4, -0.2) is 66.9 Å². The molecule has 50 heavy (non-hydrogen) atoms. The predicted octanol–water partition coefficient (Wildman–Crippen LogP) is 4.84. The normalized spacial score (nSPS) is 19.6. The molecular formula is C37H50N4O8S. The van der Waals surface area contributed by atoms with Crippen molar-refractivity contribution in [3.63, 3.8) is 0 Å². The van der Waals surface area contributed by atoms with Crippen LogP contribution in [0.3, 0.4) is 0 Å². The summed E-state index contributed by atoms with van der Waals surface area (Å²) in [7, 11) is -4.33. The molecule has 2 fully saturated rings. The van der Waals surface area contributed by atoms with Gasteiger partial charge in [0.15, 0.2) is 0 Å². The zero-order chi connectivity index (χ0) is 36.7. The highest BCUT2D eigenvalue weighted by molar-refractivity contribution is 7.90. The molecule has 4 amide bonds. The summed E-state index contributed by atoms with van der Waals surface area (Å²) in [5.74, 6) is -2.14. The fourth-order valence-corrected chi connectivity index (χ4v) is 7.20. The number of hydrogen-bond acceptors (Lipinski definition) is 8. The largest absolute Gasteiger partial charge is 0.489 e. The molecule has 0 radical (unpaired) electrons. The third kappa shape index (κ3) is 10.1. The van der Waals surface area contributed by atoms with Gasteiger partial charge >= 0.3 is 6.09 Å². The van der Waals surface area contributed by atoms with Crippen LogP contribution in [0.5, 0.6) is 5.75 Å². The summed E-state index contributed by atoms with van der Waals surface area (Å²) in [4.78, 5) is 54.9. The zero-order valence-electron chi connectivity index (χ0n) is 29.6. The van der Waals surface area contributed by atoms with Gasteiger partial charge in [0.25, 0.3) is 15.9 Å². The molecule has 0 aromatic heterocycles. The number of carbonyl (C=O) groups is 4. The van der Waals surface area contributed by atoms with Gasteiger partial charge in [0.1, 0.15) is 29.5 Å². The minimum absolute atomic E-state index is 0.0546. The predicted molar refractivity (Wildman–Crippen MR) is 188 cm³/mol. The number of nitrogens with one attached hydrogen (secondary N) is 3. The van der Waals surface area contributed by atoms with Crippen molar-refractivity contribution in [2.24, 2.45) is 11.8 Å². The Labute approximate surface area is 295 Å². The van der Waals surface area contributed by atoms with Crippen molar-refractivity contribution in [3.8, 4) is 5.75 Å². The Hall–Kier alpha value is -4.39. The van der Waals surface area contributed by atoms with Gasteiger partial charge in [-0.3, -0.25) is 14.4 Å². The van der Waals surface area contributed by atoms with Crippen molar-refractivity contribution in [1.29, 1.82) is 0 Å². The van der Waals surface area contributed by atoms with Crippen LogP contribution in [0.2, 0.25) is 0 Å². The Balaban J connectivity index is 1.42. The summed E-state index contributed by atoms with van der Waals surface area (Å²) < 4.78 is 39.9. The van der Waals surface area contributed by atoms with Crippen LogP contribution in [0.25, 0.3) is 0 Å². The minimum atomic E-state index is -4.33. The van der Waals surface area contributed by atoms with E-state index < -0.39 is 51.0 Å². The molecule has 0 saturated heterocycles. The number of ether oxygens (including phenoxy) is 2. The van der Waals surface area contributed by atoms with Gasteiger partial charge in [0, 0.05) is 31.0 Å². The van der Waals surface area contributed by atoms with E-state index in [0.29, 0.717) is 5.75 Å². The molecule has 12 nitrogen and oxygen atoms in total. The van der Waals surface area contributed by atoms with Crippen LogP contribution >= 0.6 is 0 Å². The van der Waals surface area contributed by atoms with E-state index in [0.717, 1.165) is 31.2 Å². The van der Waals surface area contributed by atoms with Crippen LogP contribution in [0.4, 0.5) is 4.79 Å². The maximum absolute atomic E-state index is 13.9. The number of amides is 4. The second-order valence-electron chi connectivity index (χ2n) is 14.3. The SMILES string of the molecule is C=C[C@@H]1C[C@]1(NC(=O)CCN(C(=O)[C@@H](NC(=O)OC(C)(C)C)C(C)C)C1CCCC1)C(=O)NS(=O)(=O)c1cccc(OCc2ccccc2)c1. The van der Waals surface area contributed by atoms with Gasteiger partial charge in [-0.1, -0.05) is 69.2 Å². The summed E-state index contributed by atoms with van der Waals surface area (Å²) in [5.41, 5.74) is -1.34. The van der Waals surface area contributed by atoms with E-state index in [4.69, 9.17) is 9.47 Å². The smallest absolute Gasteiger partial charge is 0.408 e. The molecule has 2 aliphatic rings. The fraction of sp³-hybridized carbons (Fsp3) is 0.514. The number of sulfonamides is 1. The van der Waals surface area contributed by atoms with Gasteiger partial charge in [-0.15, -0.1) is 6.58 Å². The molecule has 2 saturated carbocycles. The lowest BCUT2D eigenvalue weighted by Gasteiger charge is -2.34. The maximum Gasteiger partial charge on any atom is 0.408 e. The van der Waals surface area contributed by atoms with E-state index >= 15 is 0 Å². The Morgan fingerprint density at radius 2 is 1.72 bits per heavy atom. The summed E-state index contributed by atoms with van der Waals surface area (Å²) in [6.45, 7) is 12.9. The number of hydrogen-bond donors (Lipinski definition) is 3. The second-order valence-corrected chi connectivity index (χ2v) is 16.0. The van der Waals surface area contributed by atoms with Crippen LogP contribution < -0.4 is 20.1 Å². The van der Waals surface area contributed by atoms with Crippen molar-refractivity contribution in [1.82, 2.24) is 20.3 Å². The molecule has 3 atom stereocenters. The van der Waals surface area contributed by atoms with Crippen molar-refractivity contribution in [2.75, 3.05) is 6.54 Å². The van der Waals surface area contributed by atoms with E-state index in [2.05, 4.69) is 21.9 Å². The fourth-order valence-electron chi connectivity index (χ4n) is 6.13. The van der Waals surface area contributed by atoms with E-state index in [1.165, 1.54) is 24.3 Å². The van der Waals surface area contributed by atoms with E-state index in [-0.39, 0.29) is 48.8 Å². The van der Waals surface area contributed by atoms with Crippen LogP contribution in [0, 0.1) is 11.8 Å². The first-order valence-corrected chi connectivity index (χ1v) is 18.6. The van der Waals surface area contributed by atoms with Gasteiger partial charge < -0.3 is 25.0 Å². The van der Waals surface area contributed by atoms with Crippen LogP contribution in [-0.2, 0) is 35.8 Å². The van der Waals surface area contributed by atoms with E-state index in [1.807, 2.05) is 44.2 Å². The topological polar surface area (TPSA) is 160 Å². The standard InChI is InChI=1S/C37H50N4O8S/c1-7-27-23-37(27,34(44)40-50(46,47)30-19-13-18-29(22-30)48-24-26-14-9-8-10-15-26)39-31(42)20-21-41(28-16-11-12-17-28)33(43)32(25(2)3)38-35(45)49-36(4,5)6/h7-10,13-15,18-19,22,25,27-28,32H,1,11-12,16-17,20-21,23-24H2,2-6H3,(H,38,45)(H,39,42)(H,40,44)/t27-,32+,37-/m1/s1. The second kappa shape index (κ2) is 16.1. The quantitative estimate of drug-likeness (QED) is 0.222. The number of carbonyl (C=O) groups excluding carboxylic acids is 4. The van der Waals surface area contributed by atoms with Crippen molar-refractivity contribution in [2.45, 2.75) is 108 Å². The Morgan fingerprint density at radius 3 is 2.32 bits per heavy atom. The van der Waals surface area contributed by atoms with Crippen molar-refractivity contribution < 1.29 is 37.1 Å². The summed E-state index contributed by atoms with van der Waals surface area (Å²) >= 11 is 0. The first-order chi connectivity index (χ1) is 23.5. The lowest BCUT2D eigenvalue weighted by molar-refractivity contribution is -0.138. The van der Waals surface area contributed by atoms with Gasteiger partial charge in [0.2, 0.25) is 11.8 Å². The van der Waals surface area contributed by atoms with Crippen molar-refractivity contribution in [3.05, 3.63) is 72.8 Å². The molecular weight excluding hydrogens is 660 g/mol. The molecule has 272 valence electrons. The molecule has 0 unspecified atom stereocenters. The lowest BCUT2D eigenvalue weighted by Crippen LogP contribution is -2.55. The van der Waals surface area contributed by atoms with E-state index in [1.54, 1.807) is 31.7 Å². The minimum Gasteiger partial charge on any atom is -0.489 e. The summed E-state index contributed by atoms with van der Waals surface area (Å²) in [6, 6.07) is 14.3. The monoisotopic (exact) mass is 710 g/mol. The molecule has 2 aromatic rings. The molecule has 3 N–H and O–H groups in total. The Bertz CT molecular complexity index is 1650. The Kier molecular flexibility index (Phi) is 12.4. The highest BCUT2D eigenvalue weighted by atomic mass is 32.2. The van der Waals surface area contributed by atoms with Gasteiger partial charge in [-0.25, -0.2) is 17.9 Å². The summed E-state index contributed by atoms with van der Waals surface area (Å²) in [5, 5.41) is 5.46. The van der Waals surface area contributed by atoms with Gasteiger partial charge in [0.05, 0.1) is 4.90 Å². The molecule has 4 rings (SSSR count). The molecule has 13 heteroatoms. The average molecular weight is 711 g/mol. The van der Waals surface area contributed by atoms with Gasteiger partial charge in [-0.2, -0.15) is 0 Å². The molecule has 0 bridgehead atoms. The number of nitrogens with zero attached hydrogens (tertiary/aromatic N) is 1. The average Bonchev–Trinajstić information content (AvgIpc) is 3.50. The summed E-state index contributed by atoms with van der Waals surface area (Å²) in [6.07, 6.45) is 4.26. The third-order valence-electron chi connectivity index (χ3n) is 8.89. The molecule has 0 spiro atoms. The third-order valence-corrected chi connectivity index (χ3v) is 10.2. The van der Waals surface area contributed by atoms with Gasteiger partial charge in [-0.05, 0) is 63.6 Å². The lowest BCUT2D eigenvalue weighted by atomic mass is 10.0. The highest BCUT2D eigenvalue weighted by Gasteiger charge is 2.60. The van der Waals surface area contributed by atoms with E-state index in [9.17, 15) is 27.6 Å². The maximum atomic E-state index is 13.9. The first-order valence-electron chi connectivity index (χ1n) is 17.1. The molecule has 2 aromatic carbocycles. The molecule has 0 heterocycles. The molecule has 2 aliphatic carbocycles. The number of benzene rings is 2. The zero-order valence-corrected chi connectivity index (χ0v) is 30.4. The van der Waals surface area contributed by atoms with Crippen molar-refractivity contribution >= 4 is 33.8 Å². The molecule has 0 aliphatic heterocycles. The highest BCUT2D eigenvalue weighted by Crippen LogP contribution is 2.45. The first kappa shape index (κ1) is 38.4. The number of rotatable bonds is 15. The van der Waals surface area contributed by atoms with Crippen LogP contribution in [0.1, 0.15) is 78.7 Å². The van der Waals surface area contributed by atoms with Crippen LogP contribution in [0.15, 0.2) is 72.1 Å². The Morgan fingerprint density at radius 1 is 1.04 bits per heavy atom. The number of alkyl carbamates (subject to hydrolysis) is 1.